The van der Waals surface area contributed by atoms with E-state index in [-0.39, 0.29) is 0 Å². The second-order valence-corrected chi connectivity index (χ2v) is 1.96. The van der Waals surface area contributed by atoms with Crippen molar-refractivity contribution in [3.63, 3.8) is 0 Å². The van der Waals surface area contributed by atoms with Crippen molar-refractivity contribution in [3.8, 4) is 0 Å². The van der Waals surface area contributed by atoms with Crippen LogP contribution in [-0.4, -0.2) is 24.8 Å². The van der Waals surface area contributed by atoms with Crippen molar-refractivity contribution in [2.75, 3.05) is 13.7 Å². The normalized spacial score (nSPS) is 32.6. The van der Waals surface area contributed by atoms with Crippen molar-refractivity contribution in [2.45, 2.75) is 19.4 Å². The highest BCUT2D eigenvalue weighted by atomic mass is 16.7. The Balaban J connectivity index is 2.16. The van der Waals surface area contributed by atoms with Gasteiger partial charge in [-0.2, -0.15) is 5.06 Å². The molecule has 0 aliphatic carbocycles. The summed E-state index contributed by atoms with van der Waals surface area (Å²) < 4.78 is 0. The van der Waals surface area contributed by atoms with Crippen LogP contribution in [0.4, 0.5) is 0 Å². The van der Waals surface area contributed by atoms with Gasteiger partial charge in [0, 0.05) is 12.6 Å². The molecule has 1 fully saturated rings. The van der Waals surface area contributed by atoms with Gasteiger partial charge in [-0.15, -0.1) is 0 Å². The van der Waals surface area contributed by atoms with E-state index in [1.54, 1.807) is 7.11 Å². The molecule has 2 nitrogen and oxygen atoms in total. The Morgan fingerprint density at radius 1 is 1.71 bits per heavy atom. The van der Waals surface area contributed by atoms with E-state index in [4.69, 9.17) is 4.84 Å². The summed E-state index contributed by atoms with van der Waals surface area (Å²) >= 11 is 0. The second kappa shape index (κ2) is 1.80. The standard InChI is InChI=1S/C5H11NO/c1-5-3-4-6(5)7-2/h5H,3-4H2,1-2H3. The summed E-state index contributed by atoms with van der Waals surface area (Å²) in [6.45, 7) is 3.27. The molecule has 0 spiro atoms. The third kappa shape index (κ3) is 0.763. The van der Waals surface area contributed by atoms with Gasteiger partial charge >= 0.3 is 0 Å². The van der Waals surface area contributed by atoms with Gasteiger partial charge in [-0.05, 0) is 13.3 Å². The highest BCUT2D eigenvalue weighted by Crippen LogP contribution is 2.14. The molecule has 1 heterocycles. The van der Waals surface area contributed by atoms with Crippen molar-refractivity contribution < 1.29 is 4.84 Å². The largest absolute Gasteiger partial charge is 0.302 e. The lowest BCUT2D eigenvalue weighted by Crippen LogP contribution is -2.44. The average Bonchev–Trinajstić information content (AvgIpc) is 1.65. The van der Waals surface area contributed by atoms with Crippen LogP contribution in [0.15, 0.2) is 0 Å². The monoisotopic (exact) mass is 101 g/mol. The molecular weight excluding hydrogens is 90.1 g/mol. The molecule has 0 bridgehead atoms. The summed E-state index contributed by atoms with van der Waals surface area (Å²) in [6, 6.07) is 0.657. The van der Waals surface area contributed by atoms with Crippen molar-refractivity contribution in [1.82, 2.24) is 5.06 Å². The van der Waals surface area contributed by atoms with Gasteiger partial charge in [0.25, 0.3) is 0 Å². The summed E-state index contributed by atoms with van der Waals surface area (Å²) in [6.07, 6.45) is 1.29. The van der Waals surface area contributed by atoms with E-state index >= 15 is 0 Å². The van der Waals surface area contributed by atoms with Crippen molar-refractivity contribution in [2.24, 2.45) is 0 Å². The molecule has 0 aromatic heterocycles. The molecule has 0 saturated carbocycles. The van der Waals surface area contributed by atoms with Crippen molar-refractivity contribution in [3.05, 3.63) is 0 Å². The van der Waals surface area contributed by atoms with Gasteiger partial charge in [-0.1, -0.05) is 0 Å². The Morgan fingerprint density at radius 3 is 2.43 bits per heavy atom. The van der Waals surface area contributed by atoms with Crippen LogP contribution < -0.4 is 0 Å². The molecule has 7 heavy (non-hydrogen) atoms. The Hall–Kier alpha value is -0.0800. The smallest absolute Gasteiger partial charge is 0.0575 e. The van der Waals surface area contributed by atoms with E-state index in [2.05, 4.69) is 6.92 Å². The molecule has 1 aliphatic rings. The van der Waals surface area contributed by atoms with Gasteiger partial charge in [0.2, 0.25) is 0 Å². The zero-order valence-electron chi connectivity index (χ0n) is 4.85. The molecule has 1 unspecified atom stereocenters. The highest BCUT2D eigenvalue weighted by Gasteiger charge is 2.22. The van der Waals surface area contributed by atoms with Crippen LogP contribution in [0.3, 0.4) is 0 Å². The fourth-order valence-corrected chi connectivity index (χ4v) is 0.764. The molecule has 1 atom stereocenters. The van der Waals surface area contributed by atoms with Gasteiger partial charge in [-0.25, -0.2) is 0 Å². The molecule has 1 aliphatic heterocycles. The fraction of sp³-hybridized carbons (Fsp3) is 1.00. The number of rotatable bonds is 1. The highest BCUT2D eigenvalue weighted by molar-refractivity contribution is 4.70. The van der Waals surface area contributed by atoms with Gasteiger partial charge < -0.3 is 4.84 Å². The summed E-state index contributed by atoms with van der Waals surface area (Å²) in [5, 5.41) is 1.97. The molecule has 2 heteroatoms. The van der Waals surface area contributed by atoms with E-state index < -0.39 is 0 Å². The van der Waals surface area contributed by atoms with E-state index in [1.165, 1.54) is 6.42 Å². The van der Waals surface area contributed by atoms with Crippen molar-refractivity contribution >= 4 is 0 Å². The molecule has 0 radical (unpaired) electrons. The predicted molar refractivity (Wildman–Crippen MR) is 27.8 cm³/mol. The van der Waals surface area contributed by atoms with Crippen LogP contribution in [-0.2, 0) is 4.84 Å². The topological polar surface area (TPSA) is 12.5 Å². The first kappa shape index (κ1) is 5.06. The molecule has 0 amide bonds. The minimum Gasteiger partial charge on any atom is -0.302 e. The number of hydrogen-bond acceptors (Lipinski definition) is 2. The number of hydroxylamine groups is 2. The second-order valence-electron chi connectivity index (χ2n) is 1.96. The van der Waals surface area contributed by atoms with E-state index in [1.807, 2.05) is 5.06 Å². The zero-order chi connectivity index (χ0) is 5.28. The Morgan fingerprint density at radius 2 is 2.43 bits per heavy atom. The molecular formula is C5H11NO. The Kier molecular flexibility index (Phi) is 1.30. The SMILES string of the molecule is CON1CCC1C. The predicted octanol–water partition coefficient (Wildman–Crippen LogP) is 0.642. The van der Waals surface area contributed by atoms with Crippen LogP contribution in [0, 0.1) is 0 Å². The fourth-order valence-electron chi connectivity index (χ4n) is 0.764. The van der Waals surface area contributed by atoms with Crippen LogP contribution in [0.1, 0.15) is 13.3 Å². The minimum atomic E-state index is 0.657. The number of nitrogens with zero attached hydrogens (tertiary/aromatic N) is 1. The first-order valence-electron chi connectivity index (χ1n) is 2.65. The third-order valence-corrected chi connectivity index (χ3v) is 1.49. The molecule has 0 aromatic rings. The quantitative estimate of drug-likeness (QED) is 0.480. The molecule has 42 valence electrons. The first-order chi connectivity index (χ1) is 3.34. The van der Waals surface area contributed by atoms with Crippen molar-refractivity contribution in [1.29, 1.82) is 0 Å². The van der Waals surface area contributed by atoms with Gasteiger partial charge in [0.1, 0.15) is 0 Å². The number of hydrogen-bond donors (Lipinski definition) is 0. The third-order valence-electron chi connectivity index (χ3n) is 1.49. The lowest BCUT2D eigenvalue weighted by atomic mass is 10.1. The lowest BCUT2D eigenvalue weighted by Gasteiger charge is -2.35. The maximum atomic E-state index is 4.93. The molecule has 1 rings (SSSR count). The van der Waals surface area contributed by atoms with Crippen LogP contribution in [0.25, 0.3) is 0 Å². The maximum absolute atomic E-state index is 4.93. The molecule has 1 saturated heterocycles. The lowest BCUT2D eigenvalue weighted by molar-refractivity contribution is -0.205. The van der Waals surface area contributed by atoms with Gasteiger partial charge in [-0.3, -0.25) is 0 Å². The van der Waals surface area contributed by atoms with Gasteiger partial charge in [0.05, 0.1) is 7.11 Å². The average molecular weight is 101 g/mol. The van der Waals surface area contributed by atoms with E-state index in [9.17, 15) is 0 Å². The van der Waals surface area contributed by atoms with Gasteiger partial charge in [0.15, 0.2) is 0 Å². The molecule has 0 aromatic carbocycles. The van der Waals surface area contributed by atoms with Crippen LogP contribution in [0.2, 0.25) is 0 Å². The van der Waals surface area contributed by atoms with E-state index in [0.29, 0.717) is 6.04 Å². The summed E-state index contributed by atoms with van der Waals surface area (Å²) in [4.78, 5) is 4.93. The summed E-state index contributed by atoms with van der Waals surface area (Å²) in [5.41, 5.74) is 0. The first-order valence-corrected chi connectivity index (χ1v) is 2.65. The summed E-state index contributed by atoms with van der Waals surface area (Å²) in [5.74, 6) is 0. The van der Waals surface area contributed by atoms with Crippen LogP contribution in [0.5, 0.6) is 0 Å². The maximum Gasteiger partial charge on any atom is 0.0575 e. The minimum absolute atomic E-state index is 0.657. The zero-order valence-corrected chi connectivity index (χ0v) is 4.85. The van der Waals surface area contributed by atoms with Crippen LogP contribution >= 0.6 is 0 Å². The molecule has 0 N–H and O–H groups in total. The Labute approximate surface area is 44.0 Å². The van der Waals surface area contributed by atoms with E-state index in [0.717, 1.165) is 6.54 Å². The summed E-state index contributed by atoms with van der Waals surface area (Å²) in [7, 11) is 1.72. The Bertz CT molecular complexity index is 63.1.